The van der Waals surface area contributed by atoms with Crippen LogP contribution in [-0.4, -0.2) is 41.3 Å². The molecule has 12 heteroatoms. The normalized spacial score (nSPS) is 16.0. The zero-order valence-electron chi connectivity index (χ0n) is 15.1. The van der Waals surface area contributed by atoms with Crippen LogP contribution >= 0.6 is 11.6 Å². The highest BCUT2D eigenvalue weighted by atomic mass is 35.5. The number of hydrogen-bond acceptors (Lipinski definition) is 4. The van der Waals surface area contributed by atoms with Gasteiger partial charge in [0.15, 0.2) is 5.03 Å². The van der Waals surface area contributed by atoms with Gasteiger partial charge < -0.3 is 9.88 Å². The van der Waals surface area contributed by atoms with Gasteiger partial charge in [-0.25, -0.2) is 13.4 Å². The summed E-state index contributed by atoms with van der Waals surface area (Å²) < 4.78 is 66.5. The number of aromatic nitrogens is 2. The number of hydrogen-bond donors (Lipinski definition) is 1. The lowest BCUT2D eigenvalue weighted by Gasteiger charge is -2.24. The summed E-state index contributed by atoms with van der Waals surface area (Å²) in [6, 6.07) is 3.02. The molecule has 0 aliphatic carbocycles. The van der Waals surface area contributed by atoms with Crippen LogP contribution in [0.1, 0.15) is 24.8 Å². The topological polar surface area (TPSA) is 84.3 Å². The van der Waals surface area contributed by atoms with Gasteiger partial charge in [0.25, 0.3) is 10.0 Å². The minimum absolute atomic E-state index is 0.0759. The summed E-state index contributed by atoms with van der Waals surface area (Å²) >= 11 is 5.55. The van der Waals surface area contributed by atoms with Crippen LogP contribution in [0.3, 0.4) is 0 Å². The third-order valence-electron chi connectivity index (χ3n) is 4.41. The van der Waals surface area contributed by atoms with E-state index < -0.39 is 32.7 Å². The summed E-state index contributed by atoms with van der Waals surface area (Å²) in [4.78, 5) is 16.0. The molecule has 1 N–H and O–H groups in total. The third kappa shape index (κ3) is 5.09. The molecular weight excluding hydrogens is 433 g/mol. The van der Waals surface area contributed by atoms with Crippen molar-refractivity contribution in [3.05, 3.63) is 41.3 Å². The van der Waals surface area contributed by atoms with Crippen molar-refractivity contribution < 1.29 is 26.4 Å². The molecule has 1 aliphatic heterocycles. The third-order valence-corrected chi connectivity index (χ3v) is 6.52. The van der Waals surface area contributed by atoms with E-state index in [1.165, 1.54) is 27.5 Å². The molecule has 0 atom stereocenters. The van der Waals surface area contributed by atoms with Crippen molar-refractivity contribution in [2.75, 3.05) is 18.4 Å². The highest BCUT2D eigenvalue weighted by molar-refractivity contribution is 7.89. The maximum atomic E-state index is 12.9. The molecule has 1 aliphatic rings. The molecule has 0 bridgehead atoms. The van der Waals surface area contributed by atoms with Gasteiger partial charge in [0.1, 0.15) is 6.54 Å². The van der Waals surface area contributed by atoms with Crippen molar-refractivity contribution in [1.82, 2.24) is 13.9 Å². The molecule has 1 fully saturated rings. The van der Waals surface area contributed by atoms with Gasteiger partial charge >= 0.3 is 6.18 Å². The number of nitrogens with one attached hydrogen (secondary N) is 1. The van der Waals surface area contributed by atoms with E-state index in [1.54, 1.807) is 0 Å². The number of piperidine rings is 1. The van der Waals surface area contributed by atoms with Crippen LogP contribution in [0.4, 0.5) is 18.9 Å². The summed E-state index contributed by atoms with van der Waals surface area (Å²) in [7, 11) is -3.73. The number of benzene rings is 1. The number of rotatable bonds is 5. The average molecular weight is 451 g/mol. The molecule has 7 nitrogen and oxygen atoms in total. The molecule has 2 aromatic rings. The van der Waals surface area contributed by atoms with E-state index in [0.717, 1.165) is 31.4 Å². The van der Waals surface area contributed by atoms with Crippen LogP contribution in [0.15, 0.2) is 35.7 Å². The Bertz CT molecular complexity index is 1000. The van der Waals surface area contributed by atoms with E-state index >= 15 is 0 Å². The van der Waals surface area contributed by atoms with Crippen LogP contribution < -0.4 is 5.32 Å². The second kappa shape index (κ2) is 8.33. The van der Waals surface area contributed by atoms with Crippen LogP contribution in [0.5, 0.6) is 0 Å². The number of carbonyl (C=O) groups excluding carboxylic acids is 1. The maximum absolute atomic E-state index is 12.9. The van der Waals surface area contributed by atoms with Gasteiger partial charge in [0, 0.05) is 25.0 Å². The van der Waals surface area contributed by atoms with Crippen LogP contribution in [-0.2, 0) is 27.5 Å². The van der Waals surface area contributed by atoms with Crippen LogP contribution in [0.25, 0.3) is 0 Å². The van der Waals surface area contributed by atoms with Gasteiger partial charge in [-0.05, 0) is 31.0 Å². The highest BCUT2D eigenvalue weighted by Gasteiger charge is 2.33. The Hall–Kier alpha value is -2.11. The SMILES string of the molecule is O=C(Cn1cnc(S(=O)(=O)N2CCCCC2)c1)Nc1ccc(Cl)c(C(F)(F)F)c1. The van der Waals surface area contributed by atoms with Crippen molar-refractivity contribution in [3.8, 4) is 0 Å². The number of halogens is 4. The molecule has 0 unspecified atom stereocenters. The molecule has 0 saturated carbocycles. The summed E-state index contributed by atoms with van der Waals surface area (Å²) in [5, 5.41) is 1.69. The van der Waals surface area contributed by atoms with Crippen molar-refractivity contribution >= 4 is 33.2 Å². The average Bonchev–Trinajstić information content (AvgIpc) is 3.12. The van der Waals surface area contributed by atoms with Crippen molar-refractivity contribution in [3.63, 3.8) is 0 Å². The van der Waals surface area contributed by atoms with E-state index in [9.17, 15) is 26.4 Å². The first-order chi connectivity index (χ1) is 13.6. The summed E-state index contributed by atoms with van der Waals surface area (Å²) in [6.07, 6.45) is 0.305. The lowest BCUT2D eigenvalue weighted by molar-refractivity contribution is -0.137. The Morgan fingerprint density at radius 2 is 1.90 bits per heavy atom. The summed E-state index contributed by atoms with van der Waals surface area (Å²) in [5.41, 5.74) is -1.14. The smallest absolute Gasteiger partial charge is 0.327 e. The Balaban J connectivity index is 1.68. The van der Waals surface area contributed by atoms with Crippen LogP contribution in [0, 0.1) is 0 Å². The van der Waals surface area contributed by atoms with E-state index in [2.05, 4.69) is 10.3 Å². The predicted octanol–water partition coefficient (Wildman–Crippen LogP) is 3.37. The first-order valence-corrected chi connectivity index (χ1v) is 10.6. The molecule has 1 aromatic heterocycles. The Kier molecular flexibility index (Phi) is 6.20. The molecule has 158 valence electrons. The van der Waals surface area contributed by atoms with Crippen LogP contribution in [0.2, 0.25) is 5.02 Å². The fraction of sp³-hybridized carbons (Fsp3) is 0.412. The van der Waals surface area contributed by atoms with E-state index in [1.807, 2.05) is 0 Å². The zero-order valence-corrected chi connectivity index (χ0v) is 16.7. The molecular formula is C17H18ClF3N4O3S. The van der Waals surface area contributed by atoms with Gasteiger partial charge in [-0.2, -0.15) is 17.5 Å². The van der Waals surface area contributed by atoms with Crippen molar-refractivity contribution in [2.24, 2.45) is 0 Å². The first-order valence-electron chi connectivity index (χ1n) is 8.76. The number of nitrogens with zero attached hydrogens (tertiary/aromatic N) is 3. The van der Waals surface area contributed by atoms with Crippen molar-refractivity contribution in [2.45, 2.75) is 37.0 Å². The Morgan fingerprint density at radius 3 is 2.55 bits per heavy atom. The Labute approximate surface area is 170 Å². The quantitative estimate of drug-likeness (QED) is 0.757. The van der Waals surface area contributed by atoms with Crippen molar-refractivity contribution in [1.29, 1.82) is 0 Å². The summed E-state index contributed by atoms with van der Waals surface area (Å²) in [5.74, 6) is -0.639. The lowest BCUT2D eigenvalue weighted by Crippen LogP contribution is -2.35. The maximum Gasteiger partial charge on any atom is 0.417 e. The number of imidazole rings is 1. The number of sulfonamides is 1. The fourth-order valence-electron chi connectivity index (χ4n) is 2.98. The monoisotopic (exact) mass is 450 g/mol. The van der Waals surface area contributed by atoms with Gasteiger partial charge in [-0.3, -0.25) is 4.79 Å². The molecule has 2 heterocycles. The molecule has 0 radical (unpaired) electrons. The van der Waals surface area contributed by atoms with Gasteiger partial charge in [-0.1, -0.05) is 18.0 Å². The molecule has 0 spiro atoms. The molecule has 29 heavy (non-hydrogen) atoms. The lowest BCUT2D eigenvalue weighted by atomic mass is 10.2. The minimum atomic E-state index is -4.65. The van der Waals surface area contributed by atoms with Gasteiger partial charge in [0.05, 0.1) is 16.9 Å². The summed E-state index contributed by atoms with van der Waals surface area (Å²) in [6.45, 7) is 0.536. The largest absolute Gasteiger partial charge is 0.417 e. The van der Waals surface area contributed by atoms with Gasteiger partial charge in [0.2, 0.25) is 5.91 Å². The minimum Gasteiger partial charge on any atom is -0.327 e. The van der Waals surface area contributed by atoms with Gasteiger partial charge in [-0.15, -0.1) is 0 Å². The second-order valence-corrected chi connectivity index (χ2v) is 8.88. The first kappa shape index (κ1) is 21.6. The van der Waals surface area contributed by atoms with E-state index in [0.29, 0.717) is 13.1 Å². The molecule has 3 rings (SSSR count). The predicted molar refractivity (Wildman–Crippen MR) is 99.9 cm³/mol. The van der Waals surface area contributed by atoms with E-state index in [-0.39, 0.29) is 17.3 Å². The molecule has 1 aromatic carbocycles. The molecule has 1 saturated heterocycles. The number of alkyl halides is 3. The number of anilines is 1. The van der Waals surface area contributed by atoms with E-state index in [4.69, 9.17) is 11.6 Å². The second-order valence-electron chi connectivity index (χ2n) is 6.59. The highest BCUT2D eigenvalue weighted by Crippen LogP contribution is 2.36. The number of amides is 1. The molecule has 1 amide bonds. The fourth-order valence-corrected chi connectivity index (χ4v) is 4.66. The number of carbonyl (C=O) groups is 1. The Morgan fingerprint density at radius 1 is 1.21 bits per heavy atom. The zero-order chi connectivity index (χ0) is 21.2. The standard InChI is InChI=1S/C17H18ClF3N4O3S/c18-14-5-4-12(8-13(14)17(19,20)21)23-15(26)9-24-10-16(22-11-24)29(27,28)25-6-2-1-3-7-25/h4-5,8,10-11H,1-3,6-7,9H2,(H,23,26).